The zero-order chi connectivity index (χ0) is 10.3. The smallest absolute Gasteiger partial charge is 0.0998 e. The van der Waals surface area contributed by atoms with Crippen LogP contribution in [-0.2, 0) is 6.42 Å². The van der Waals surface area contributed by atoms with Crippen LogP contribution in [0.4, 0.5) is 0 Å². The molecule has 1 fully saturated rings. The maximum atomic E-state index is 6.08. The lowest BCUT2D eigenvalue weighted by atomic mass is 10.1. The third-order valence-electron chi connectivity index (χ3n) is 2.87. The van der Waals surface area contributed by atoms with Gasteiger partial charge in [0.25, 0.3) is 0 Å². The van der Waals surface area contributed by atoms with Crippen LogP contribution in [0.15, 0.2) is 18.5 Å². The summed E-state index contributed by atoms with van der Waals surface area (Å²) in [6.07, 6.45) is 7.15. The summed E-state index contributed by atoms with van der Waals surface area (Å²) in [5.74, 6) is 0.745. The summed E-state index contributed by atoms with van der Waals surface area (Å²) < 4.78 is 1.21. The first-order valence-electron chi connectivity index (χ1n) is 5.28. The van der Waals surface area contributed by atoms with Crippen molar-refractivity contribution in [2.45, 2.75) is 25.3 Å². The molecule has 0 bridgehead atoms. The predicted octanol–water partition coefficient (Wildman–Crippen LogP) is 1.97. The Labute approximate surface area is 92.4 Å². The fourth-order valence-electron chi connectivity index (χ4n) is 1.81. The van der Waals surface area contributed by atoms with Crippen LogP contribution in [0.3, 0.4) is 0 Å². The SMILES string of the molecule is NC(Cc1nc2cnccc2s1)C1CC1. The van der Waals surface area contributed by atoms with Gasteiger partial charge in [-0.3, -0.25) is 4.98 Å². The Bertz CT molecular complexity index is 442. The molecule has 2 N–H and O–H groups in total. The van der Waals surface area contributed by atoms with Crippen molar-refractivity contribution in [3.05, 3.63) is 23.5 Å². The predicted molar refractivity (Wildman–Crippen MR) is 61.8 cm³/mol. The van der Waals surface area contributed by atoms with Gasteiger partial charge in [-0.05, 0) is 24.8 Å². The van der Waals surface area contributed by atoms with E-state index < -0.39 is 0 Å². The number of fused-ring (bicyclic) bond motifs is 1. The molecular formula is C11H13N3S. The molecule has 2 aromatic rings. The van der Waals surface area contributed by atoms with Crippen LogP contribution in [0.2, 0.25) is 0 Å². The lowest BCUT2D eigenvalue weighted by Gasteiger charge is -2.06. The molecule has 4 heteroatoms. The largest absolute Gasteiger partial charge is 0.327 e. The average molecular weight is 219 g/mol. The van der Waals surface area contributed by atoms with E-state index in [0.29, 0.717) is 6.04 Å². The molecule has 1 saturated carbocycles. The van der Waals surface area contributed by atoms with Crippen molar-refractivity contribution in [3.63, 3.8) is 0 Å². The number of pyridine rings is 1. The van der Waals surface area contributed by atoms with Crippen molar-refractivity contribution in [2.24, 2.45) is 11.7 Å². The summed E-state index contributed by atoms with van der Waals surface area (Å²) in [4.78, 5) is 8.60. The summed E-state index contributed by atoms with van der Waals surface area (Å²) >= 11 is 1.74. The van der Waals surface area contributed by atoms with Crippen molar-refractivity contribution >= 4 is 21.6 Å². The van der Waals surface area contributed by atoms with Gasteiger partial charge >= 0.3 is 0 Å². The number of hydrogen-bond donors (Lipinski definition) is 1. The minimum Gasteiger partial charge on any atom is -0.327 e. The highest BCUT2D eigenvalue weighted by Crippen LogP contribution is 2.33. The highest BCUT2D eigenvalue weighted by atomic mass is 32.1. The minimum atomic E-state index is 0.304. The van der Waals surface area contributed by atoms with Crippen molar-refractivity contribution in [1.29, 1.82) is 0 Å². The molecule has 1 aliphatic rings. The fraction of sp³-hybridized carbons (Fsp3) is 0.455. The molecule has 15 heavy (non-hydrogen) atoms. The van der Waals surface area contributed by atoms with E-state index in [1.165, 1.54) is 17.5 Å². The van der Waals surface area contributed by atoms with Gasteiger partial charge in [0.1, 0.15) is 0 Å². The molecule has 3 nitrogen and oxygen atoms in total. The second-order valence-corrected chi connectivity index (χ2v) is 5.27. The van der Waals surface area contributed by atoms with E-state index >= 15 is 0 Å². The van der Waals surface area contributed by atoms with Gasteiger partial charge in [-0.1, -0.05) is 0 Å². The Kier molecular flexibility index (Phi) is 2.18. The van der Waals surface area contributed by atoms with Crippen molar-refractivity contribution in [1.82, 2.24) is 9.97 Å². The van der Waals surface area contributed by atoms with E-state index in [0.717, 1.165) is 22.9 Å². The molecule has 78 valence electrons. The van der Waals surface area contributed by atoms with Crippen LogP contribution in [0.1, 0.15) is 17.8 Å². The topological polar surface area (TPSA) is 51.8 Å². The third-order valence-corrected chi connectivity index (χ3v) is 3.93. The number of nitrogens with zero attached hydrogens (tertiary/aromatic N) is 2. The Hall–Kier alpha value is -1.00. The van der Waals surface area contributed by atoms with Gasteiger partial charge in [0.15, 0.2) is 0 Å². The first-order valence-corrected chi connectivity index (χ1v) is 6.09. The average Bonchev–Trinajstić information content (AvgIpc) is 2.99. The number of aromatic nitrogens is 2. The molecule has 0 saturated heterocycles. The van der Waals surface area contributed by atoms with Gasteiger partial charge in [-0.2, -0.15) is 0 Å². The van der Waals surface area contributed by atoms with Crippen molar-refractivity contribution < 1.29 is 0 Å². The monoisotopic (exact) mass is 219 g/mol. The van der Waals surface area contributed by atoms with E-state index in [9.17, 15) is 0 Å². The zero-order valence-electron chi connectivity index (χ0n) is 8.39. The van der Waals surface area contributed by atoms with E-state index in [-0.39, 0.29) is 0 Å². The number of hydrogen-bond acceptors (Lipinski definition) is 4. The summed E-state index contributed by atoms with van der Waals surface area (Å²) in [5.41, 5.74) is 7.08. The molecule has 0 radical (unpaired) electrons. The molecule has 0 aromatic carbocycles. The first kappa shape index (κ1) is 9.24. The van der Waals surface area contributed by atoms with Gasteiger partial charge in [0, 0.05) is 18.7 Å². The van der Waals surface area contributed by atoms with E-state index in [1.54, 1.807) is 11.3 Å². The van der Waals surface area contributed by atoms with Crippen LogP contribution < -0.4 is 5.73 Å². The Morgan fingerprint density at radius 1 is 1.53 bits per heavy atom. The molecule has 2 aromatic heterocycles. The molecule has 2 heterocycles. The van der Waals surface area contributed by atoms with Crippen LogP contribution in [0.5, 0.6) is 0 Å². The van der Waals surface area contributed by atoms with Gasteiger partial charge in [0.2, 0.25) is 0 Å². The van der Waals surface area contributed by atoms with E-state index in [2.05, 4.69) is 9.97 Å². The van der Waals surface area contributed by atoms with Gasteiger partial charge in [-0.25, -0.2) is 4.98 Å². The maximum absolute atomic E-state index is 6.08. The summed E-state index contributed by atoms with van der Waals surface area (Å²) in [7, 11) is 0. The normalized spacial score (nSPS) is 18.2. The Balaban J connectivity index is 1.84. The molecule has 1 atom stereocenters. The van der Waals surface area contributed by atoms with Crippen LogP contribution in [0, 0.1) is 5.92 Å². The lowest BCUT2D eigenvalue weighted by molar-refractivity contribution is 0.590. The van der Waals surface area contributed by atoms with Crippen molar-refractivity contribution in [2.75, 3.05) is 0 Å². The van der Waals surface area contributed by atoms with Crippen LogP contribution in [-0.4, -0.2) is 16.0 Å². The zero-order valence-corrected chi connectivity index (χ0v) is 9.20. The second kappa shape index (κ2) is 3.54. The number of thiazole rings is 1. The molecular weight excluding hydrogens is 206 g/mol. The summed E-state index contributed by atoms with van der Waals surface area (Å²) in [5, 5.41) is 1.15. The number of nitrogens with two attached hydrogens (primary N) is 1. The third kappa shape index (κ3) is 1.87. The quantitative estimate of drug-likeness (QED) is 0.858. The van der Waals surface area contributed by atoms with Gasteiger partial charge < -0.3 is 5.73 Å². The first-order chi connectivity index (χ1) is 7.33. The Morgan fingerprint density at radius 2 is 2.40 bits per heavy atom. The summed E-state index contributed by atoms with van der Waals surface area (Å²) in [6.45, 7) is 0. The Morgan fingerprint density at radius 3 is 3.13 bits per heavy atom. The minimum absolute atomic E-state index is 0.304. The van der Waals surface area contributed by atoms with E-state index in [1.807, 2.05) is 18.5 Å². The number of rotatable bonds is 3. The molecule has 1 aliphatic carbocycles. The molecule has 1 unspecified atom stereocenters. The van der Waals surface area contributed by atoms with Crippen LogP contribution in [0.25, 0.3) is 10.2 Å². The molecule has 0 spiro atoms. The second-order valence-electron chi connectivity index (χ2n) is 4.16. The highest BCUT2D eigenvalue weighted by Gasteiger charge is 2.29. The van der Waals surface area contributed by atoms with Crippen molar-refractivity contribution in [3.8, 4) is 0 Å². The van der Waals surface area contributed by atoms with Crippen LogP contribution >= 0.6 is 11.3 Å². The standard InChI is InChI=1S/C11H13N3S/c12-8(7-1-2-7)5-11-14-9-6-13-4-3-10(9)15-11/h3-4,6-8H,1-2,5,12H2. The molecule has 0 aliphatic heterocycles. The highest BCUT2D eigenvalue weighted by molar-refractivity contribution is 7.18. The maximum Gasteiger partial charge on any atom is 0.0998 e. The lowest BCUT2D eigenvalue weighted by Crippen LogP contribution is -2.24. The fourth-order valence-corrected chi connectivity index (χ4v) is 2.81. The molecule has 0 amide bonds. The van der Waals surface area contributed by atoms with Gasteiger partial charge in [-0.15, -0.1) is 11.3 Å². The molecule has 3 rings (SSSR count). The van der Waals surface area contributed by atoms with E-state index in [4.69, 9.17) is 5.73 Å². The van der Waals surface area contributed by atoms with Gasteiger partial charge in [0.05, 0.1) is 21.4 Å². The summed E-state index contributed by atoms with van der Waals surface area (Å²) in [6, 6.07) is 2.32.